The Kier molecular flexibility index (Phi) is 3.50. The molecule has 3 rings (SSSR count). The minimum atomic E-state index is 0.236. The number of fused-ring (bicyclic) bond motifs is 1. The van der Waals surface area contributed by atoms with Gasteiger partial charge in [0.2, 0.25) is 0 Å². The Labute approximate surface area is 120 Å². The molecule has 0 aliphatic carbocycles. The molecule has 0 radical (unpaired) electrons. The molecule has 0 bridgehead atoms. The monoisotopic (exact) mass is 268 g/mol. The van der Waals surface area contributed by atoms with Crippen LogP contribution in [-0.2, 0) is 6.54 Å². The maximum absolute atomic E-state index is 5.80. The van der Waals surface area contributed by atoms with E-state index in [1.54, 1.807) is 0 Å². The van der Waals surface area contributed by atoms with E-state index in [1.165, 1.54) is 11.3 Å². The molecule has 2 aromatic carbocycles. The Balaban J connectivity index is 1.75. The quantitative estimate of drug-likeness (QED) is 0.922. The normalized spacial score (nSPS) is 16.8. The lowest BCUT2D eigenvalue weighted by Gasteiger charge is -2.26. The lowest BCUT2D eigenvalue weighted by Crippen LogP contribution is -2.27. The van der Waals surface area contributed by atoms with Gasteiger partial charge in [-0.25, -0.2) is 0 Å². The van der Waals surface area contributed by atoms with Crippen LogP contribution in [0.1, 0.15) is 12.5 Å². The molecule has 104 valence electrons. The van der Waals surface area contributed by atoms with Crippen molar-refractivity contribution in [2.45, 2.75) is 19.6 Å². The van der Waals surface area contributed by atoms with Gasteiger partial charge in [-0.1, -0.05) is 24.3 Å². The average molecular weight is 268 g/mol. The Morgan fingerprint density at radius 3 is 2.80 bits per heavy atom. The van der Waals surface area contributed by atoms with Crippen molar-refractivity contribution >= 4 is 11.4 Å². The van der Waals surface area contributed by atoms with Crippen LogP contribution in [0.5, 0.6) is 5.75 Å². The highest BCUT2D eigenvalue weighted by molar-refractivity contribution is 5.60. The van der Waals surface area contributed by atoms with E-state index in [2.05, 4.69) is 66.7 Å². The van der Waals surface area contributed by atoms with Crippen molar-refractivity contribution < 1.29 is 4.74 Å². The van der Waals surface area contributed by atoms with Gasteiger partial charge in [0.05, 0.1) is 12.2 Å². The topological polar surface area (TPSA) is 24.5 Å². The van der Waals surface area contributed by atoms with Gasteiger partial charge >= 0.3 is 0 Å². The van der Waals surface area contributed by atoms with Gasteiger partial charge in [-0.05, 0) is 36.8 Å². The van der Waals surface area contributed by atoms with Crippen LogP contribution in [0.3, 0.4) is 0 Å². The number of hydrogen-bond acceptors (Lipinski definition) is 3. The number of anilines is 2. The van der Waals surface area contributed by atoms with E-state index in [0.717, 1.165) is 24.5 Å². The zero-order valence-corrected chi connectivity index (χ0v) is 12.0. The average Bonchev–Trinajstić information content (AvgIpc) is 2.48. The first-order valence-electron chi connectivity index (χ1n) is 7.02. The SMILES string of the molecule is CC1CNc2cc(CN(C)c3ccccc3)ccc2O1. The molecule has 20 heavy (non-hydrogen) atoms. The van der Waals surface area contributed by atoms with Crippen LogP contribution in [0, 0.1) is 0 Å². The molecule has 3 heteroatoms. The molecule has 0 saturated heterocycles. The number of nitrogens with one attached hydrogen (secondary N) is 1. The molecule has 2 aromatic rings. The summed E-state index contributed by atoms with van der Waals surface area (Å²) < 4.78 is 5.80. The number of benzene rings is 2. The van der Waals surface area contributed by atoms with Gasteiger partial charge in [0.25, 0.3) is 0 Å². The lowest BCUT2D eigenvalue weighted by molar-refractivity contribution is 0.226. The summed E-state index contributed by atoms with van der Waals surface area (Å²) in [7, 11) is 2.11. The van der Waals surface area contributed by atoms with Gasteiger partial charge < -0.3 is 15.0 Å². The summed E-state index contributed by atoms with van der Waals surface area (Å²) >= 11 is 0. The second-order valence-electron chi connectivity index (χ2n) is 5.33. The Hall–Kier alpha value is -2.16. The highest BCUT2D eigenvalue weighted by Crippen LogP contribution is 2.30. The highest BCUT2D eigenvalue weighted by Gasteiger charge is 2.15. The molecule has 0 spiro atoms. The fraction of sp³-hybridized carbons (Fsp3) is 0.294. The predicted octanol–water partition coefficient (Wildman–Crippen LogP) is 3.52. The van der Waals surface area contributed by atoms with Crippen molar-refractivity contribution in [1.29, 1.82) is 0 Å². The van der Waals surface area contributed by atoms with Crippen molar-refractivity contribution in [1.82, 2.24) is 0 Å². The molecular formula is C17H20N2O. The molecule has 1 heterocycles. The third kappa shape index (κ3) is 2.72. The third-order valence-corrected chi connectivity index (χ3v) is 3.57. The zero-order valence-electron chi connectivity index (χ0n) is 12.0. The van der Waals surface area contributed by atoms with Crippen molar-refractivity contribution in [3.8, 4) is 5.75 Å². The van der Waals surface area contributed by atoms with Crippen molar-refractivity contribution in [2.75, 3.05) is 23.8 Å². The van der Waals surface area contributed by atoms with E-state index in [-0.39, 0.29) is 6.10 Å². The van der Waals surface area contributed by atoms with Crippen LogP contribution in [0.15, 0.2) is 48.5 Å². The largest absolute Gasteiger partial charge is 0.487 e. The molecule has 1 aliphatic heterocycles. The van der Waals surface area contributed by atoms with Gasteiger partial charge in [0.15, 0.2) is 0 Å². The van der Waals surface area contributed by atoms with Crippen molar-refractivity contribution in [2.24, 2.45) is 0 Å². The Morgan fingerprint density at radius 2 is 2.00 bits per heavy atom. The van der Waals surface area contributed by atoms with Crippen LogP contribution in [0.2, 0.25) is 0 Å². The van der Waals surface area contributed by atoms with E-state index in [0.29, 0.717) is 0 Å². The number of hydrogen-bond donors (Lipinski definition) is 1. The first-order chi connectivity index (χ1) is 9.72. The van der Waals surface area contributed by atoms with Crippen molar-refractivity contribution in [3.63, 3.8) is 0 Å². The molecule has 3 nitrogen and oxygen atoms in total. The first kappa shape index (κ1) is 12.9. The van der Waals surface area contributed by atoms with Crippen LogP contribution >= 0.6 is 0 Å². The summed E-state index contributed by atoms with van der Waals surface area (Å²) in [6.07, 6.45) is 0.236. The van der Waals surface area contributed by atoms with E-state index in [4.69, 9.17) is 4.74 Å². The maximum Gasteiger partial charge on any atom is 0.142 e. The van der Waals surface area contributed by atoms with Crippen LogP contribution in [-0.4, -0.2) is 19.7 Å². The highest BCUT2D eigenvalue weighted by atomic mass is 16.5. The zero-order chi connectivity index (χ0) is 13.9. The number of rotatable bonds is 3. The fourth-order valence-electron chi connectivity index (χ4n) is 2.48. The van der Waals surface area contributed by atoms with Crippen LogP contribution < -0.4 is 15.0 Å². The van der Waals surface area contributed by atoms with Crippen LogP contribution in [0.4, 0.5) is 11.4 Å². The molecule has 1 unspecified atom stereocenters. The minimum Gasteiger partial charge on any atom is -0.487 e. The molecular weight excluding hydrogens is 248 g/mol. The number of nitrogens with zero attached hydrogens (tertiary/aromatic N) is 1. The second-order valence-corrected chi connectivity index (χ2v) is 5.33. The smallest absolute Gasteiger partial charge is 0.142 e. The Bertz CT molecular complexity index is 583. The van der Waals surface area contributed by atoms with Crippen LogP contribution in [0.25, 0.3) is 0 Å². The fourth-order valence-corrected chi connectivity index (χ4v) is 2.48. The predicted molar refractivity (Wildman–Crippen MR) is 83.6 cm³/mol. The van der Waals surface area contributed by atoms with Gasteiger partial charge in [0, 0.05) is 19.3 Å². The first-order valence-corrected chi connectivity index (χ1v) is 7.02. The summed E-state index contributed by atoms with van der Waals surface area (Å²) in [4.78, 5) is 2.24. The number of para-hydroxylation sites is 1. The van der Waals surface area contributed by atoms with E-state index < -0.39 is 0 Å². The van der Waals surface area contributed by atoms with Gasteiger partial charge in [-0.2, -0.15) is 0 Å². The molecule has 0 saturated carbocycles. The summed E-state index contributed by atoms with van der Waals surface area (Å²) in [5, 5.41) is 3.42. The van der Waals surface area contributed by atoms with E-state index >= 15 is 0 Å². The van der Waals surface area contributed by atoms with E-state index in [9.17, 15) is 0 Å². The Morgan fingerprint density at radius 1 is 1.20 bits per heavy atom. The minimum absolute atomic E-state index is 0.236. The maximum atomic E-state index is 5.80. The molecule has 0 fully saturated rings. The van der Waals surface area contributed by atoms with Gasteiger partial charge in [-0.15, -0.1) is 0 Å². The summed E-state index contributed by atoms with van der Waals surface area (Å²) in [5.41, 5.74) is 3.60. The summed E-state index contributed by atoms with van der Waals surface area (Å²) in [6, 6.07) is 16.8. The summed E-state index contributed by atoms with van der Waals surface area (Å²) in [5.74, 6) is 0.954. The summed E-state index contributed by atoms with van der Waals surface area (Å²) in [6.45, 7) is 3.83. The second kappa shape index (κ2) is 5.45. The molecule has 1 N–H and O–H groups in total. The van der Waals surface area contributed by atoms with E-state index in [1.807, 2.05) is 6.07 Å². The third-order valence-electron chi connectivity index (χ3n) is 3.57. The standard InChI is InChI=1S/C17H20N2O/c1-13-11-18-16-10-14(8-9-17(16)20-13)12-19(2)15-6-4-3-5-7-15/h3-10,13,18H,11-12H2,1-2H3. The van der Waals surface area contributed by atoms with Crippen molar-refractivity contribution in [3.05, 3.63) is 54.1 Å². The van der Waals surface area contributed by atoms with Gasteiger partial charge in [-0.3, -0.25) is 0 Å². The van der Waals surface area contributed by atoms with Gasteiger partial charge in [0.1, 0.15) is 11.9 Å². The number of ether oxygens (including phenoxy) is 1. The molecule has 0 aromatic heterocycles. The molecule has 0 amide bonds. The molecule has 1 atom stereocenters. The lowest BCUT2D eigenvalue weighted by atomic mass is 10.1. The molecule has 1 aliphatic rings.